The Balaban J connectivity index is 1.75. The first-order valence-corrected chi connectivity index (χ1v) is 7.71. The van der Waals surface area contributed by atoms with E-state index < -0.39 is 11.9 Å². The van der Waals surface area contributed by atoms with Gasteiger partial charge in [-0.3, -0.25) is 4.68 Å². The maximum Gasteiger partial charge on any atom is 0.435 e. The molecule has 1 unspecified atom stereocenters. The molecule has 0 aromatic carbocycles. The third-order valence-electron chi connectivity index (χ3n) is 3.71. The van der Waals surface area contributed by atoms with Gasteiger partial charge in [0.2, 0.25) is 0 Å². The first kappa shape index (κ1) is 15.3. The summed E-state index contributed by atoms with van der Waals surface area (Å²) in [5.41, 5.74) is -0.841. The van der Waals surface area contributed by atoms with Gasteiger partial charge in [0.1, 0.15) is 5.82 Å². The number of rotatable bonds is 2. The lowest BCUT2D eigenvalue weighted by Crippen LogP contribution is -2.37. The highest BCUT2D eigenvalue weighted by atomic mass is 79.9. The number of halogens is 4. The summed E-state index contributed by atoms with van der Waals surface area (Å²) in [5, 5.41) is 3.68. The Hall–Kier alpha value is -1.57. The fraction of sp³-hybridized carbons (Fsp3) is 0.429. The van der Waals surface area contributed by atoms with E-state index in [1.165, 1.54) is 10.9 Å². The summed E-state index contributed by atoms with van der Waals surface area (Å²) in [6, 6.07) is 4.75. The molecule has 0 amide bonds. The van der Waals surface area contributed by atoms with Crippen LogP contribution >= 0.6 is 15.9 Å². The van der Waals surface area contributed by atoms with Gasteiger partial charge in [-0.25, -0.2) is 4.98 Å². The maximum atomic E-state index is 12.6. The Morgan fingerprint density at radius 3 is 2.68 bits per heavy atom. The van der Waals surface area contributed by atoms with E-state index in [2.05, 4.69) is 30.9 Å². The average Bonchev–Trinajstić information content (AvgIpc) is 2.98. The van der Waals surface area contributed by atoms with E-state index in [1.54, 1.807) is 6.20 Å². The summed E-state index contributed by atoms with van der Waals surface area (Å²) < 4.78 is 40.3. The molecule has 1 saturated heterocycles. The molecule has 2 aromatic rings. The van der Waals surface area contributed by atoms with Crippen molar-refractivity contribution in [1.82, 2.24) is 14.8 Å². The first-order chi connectivity index (χ1) is 10.4. The highest BCUT2D eigenvalue weighted by Crippen LogP contribution is 2.30. The number of alkyl halides is 3. The predicted molar refractivity (Wildman–Crippen MR) is 79.7 cm³/mol. The third kappa shape index (κ3) is 3.26. The molecule has 1 aliphatic rings. The minimum absolute atomic E-state index is 0.0738. The second-order valence-corrected chi connectivity index (χ2v) is 6.17. The molecule has 4 nitrogen and oxygen atoms in total. The van der Waals surface area contributed by atoms with E-state index in [9.17, 15) is 13.2 Å². The van der Waals surface area contributed by atoms with Gasteiger partial charge < -0.3 is 4.90 Å². The zero-order valence-corrected chi connectivity index (χ0v) is 13.2. The highest BCUT2D eigenvalue weighted by molar-refractivity contribution is 9.10. The SMILES string of the molecule is FC(F)(F)c1ccn(C2CCCN(c3ccc(Br)cn3)C2)n1. The van der Waals surface area contributed by atoms with Gasteiger partial charge in [-0.2, -0.15) is 18.3 Å². The molecule has 22 heavy (non-hydrogen) atoms. The number of nitrogens with zero attached hydrogens (tertiary/aromatic N) is 4. The van der Waals surface area contributed by atoms with Crippen LogP contribution in [0.3, 0.4) is 0 Å². The summed E-state index contributed by atoms with van der Waals surface area (Å²) in [6.45, 7) is 1.45. The lowest BCUT2D eigenvalue weighted by Gasteiger charge is -2.33. The number of pyridine rings is 1. The highest BCUT2D eigenvalue weighted by Gasteiger charge is 2.34. The number of hydrogen-bond acceptors (Lipinski definition) is 3. The van der Waals surface area contributed by atoms with Crippen LogP contribution in [0.4, 0.5) is 19.0 Å². The van der Waals surface area contributed by atoms with Crippen molar-refractivity contribution in [2.45, 2.75) is 25.1 Å². The zero-order chi connectivity index (χ0) is 15.7. The molecular formula is C14H14BrF3N4. The van der Waals surface area contributed by atoms with Crippen molar-refractivity contribution in [3.8, 4) is 0 Å². The summed E-state index contributed by atoms with van der Waals surface area (Å²) in [6.07, 6.45) is 0.434. The Kier molecular flexibility index (Phi) is 4.12. The molecule has 1 fully saturated rings. The smallest absolute Gasteiger partial charge is 0.354 e. The third-order valence-corrected chi connectivity index (χ3v) is 4.17. The Labute approximate surface area is 134 Å². The van der Waals surface area contributed by atoms with Crippen molar-refractivity contribution in [2.24, 2.45) is 0 Å². The molecule has 118 valence electrons. The van der Waals surface area contributed by atoms with Crippen LogP contribution in [-0.4, -0.2) is 27.9 Å². The zero-order valence-electron chi connectivity index (χ0n) is 11.6. The van der Waals surface area contributed by atoms with Gasteiger partial charge in [-0.1, -0.05) is 0 Å². The quantitative estimate of drug-likeness (QED) is 0.799. The van der Waals surface area contributed by atoms with Crippen molar-refractivity contribution in [1.29, 1.82) is 0 Å². The van der Waals surface area contributed by atoms with Gasteiger partial charge in [0.15, 0.2) is 5.69 Å². The normalized spacial score (nSPS) is 19.5. The van der Waals surface area contributed by atoms with Crippen molar-refractivity contribution in [2.75, 3.05) is 18.0 Å². The maximum absolute atomic E-state index is 12.6. The molecule has 0 saturated carbocycles. The predicted octanol–water partition coefficient (Wildman–Crippen LogP) is 3.90. The van der Waals surface area contributed by atoms with E-state index in [1.807, 2.05) is 12.1 Å². The molecule has 0 radical (unpaired) electrons. The van der Waals surface area contributed by atoms with Crippen molar-refractivity contribution in [3.63, 3.8) is 0 Å². The molecule has 1 aliphatic heterocycles. The monoisotopic (exact) mass is 374 g/mol. The summed E-state index contributed by atoms with van der Waals surface area (Å²) in [7, 11) is 0. The van der Waals surface area contributed by atoms with Crippen LogP contribution in [0.15, 0.2) is 35.1 Å². The summed E-state index contributed by atoms with van der Waals surface area (Å²) in [5.74, 6) is 0.830. The van der Waals surface area contributed by atoms with Crippen LogP contribution in [0.1, 0.15) is 24.6 Å². The van der Waals surface area contributed by atoms with Gasteiger partial charge in [0.05, 0.1) is 6.04 Å². The van der Waals surface area contributed by atoms with Crippen LogP contribution in [0.5, 0.6) is 0 Å². The molecular weight excluding hydrogens is 361 g/mol. The largest absolute Gasteiger partial charge is 0.435 e. The molecule has 2 aromatic heterocycles. The van der Waals surface area contributed by atoms with E-state index in [0.717, 1.165) is 35.7 Å². The lowest BCUT2D eigenvalue weighted by molar-refractivity contribution is -0.141. The van der Waals surface area contributed by atoms with Crippen LogP contribution in [-0.2, 0) is 6.18 Å². The second kappa shape index (κ2) is 5.91. The molecule has 0 aliphatic carbocycles. The Morgan fingerprint density at radius 2 is 2.05 bits per heavy atom. The molecule has 3 rings (SSSR count). The van der Waals surface area contributed by atoms with E-state index in [4.69, 9.17) is 0 Å². The molecule has 3 heterocycles. The van der Waals surface area contributed by atoms with Crippen LogP contribution in [0.25, 0.3) is 0 Å². The first-order valence-electron chi connectivity index (χ1n) is 6.92. The van der Waals surface area contributed by atoms with E-state index in [-0.39, 0.29) is 6.04 Å². The van der Waals surface area contributed by atoms with Gasteiger partial charge in [0, 0.05) is 30.0 Å². The van der Waals surface area contributed by atoms with Crippen LogP contribution < -0.4 is 4.90 Å². The fourth-order valence-corrected chi connectivity index (χ4v) is 2.86. The minimum Gasteiger partial charge on any atom is -0.354 e. The second-order valence-electron chi connectivity index (χ2n) is 5.26. The molecule has 0 bridgehead atoms. The van der Waals surface area contributed by atoms with Gasteiger partial charge in [-0.15, -0.1) is 0 Å². The summed E-state index contributed by atoms with van der Waals surface area (Å²) >= 11 is 3.34. The minimum atomic E-state index is -4.40. The molecule has 0 N–H and O–H groups in total. The number of anilines is 1. The number of aromatic nitrogens is 3. The molecule has 1 atom stereocenters. The van der Waals surface area contributed by atoms with E-state index >= 15 is 0 Å². The van der Waals surface area contributed by atoms with Crippen molar-refractivity contribution >= 4 is 21.7 Å². The van der Waals surface area contributed by atoms with Crippen molar-refractivity contribution < 1.29 is 13.2 Å². The number of hydrogen-bond donors (Lipinski definition) is 0. The van der Waals surface area contributed by atoms with Gasteiger partial charge in [0.25, 0.3) is 0 Å². The fourth-order valence-electron chi connectivity index (χ4n) is 2.63. The lowest BCUT2D eigenvalue weighted by atomic mass is 10.1. The van der Waals surface area contributed by atoms with Gasteiger partial charge in [-0.05, 0) is 47.0 Å². The topological polar surface area (TPSA) is 34.0 Å². The van der Waals surface area contributed by atoms with Crippen molar-refractivity contribution in [3.05, 3.63) is 40.8 Å². The average molecular weight is 375 g/mol. The van der Waals surface area contributed by atoms with Gasteiger partial charge >= 0.3 is 6.18 Å². The standard InChI is InChI=1S/C14H14BrF3N4/c15-10-3-4-13(19-8-10)21-6-1-2-11(9-21)22-7-5-12(20-22)14(16,17)18/h3-5,7-8,11H,1-2,6,9H2. The molecule has 0 spiro atoms. The molecule has 8 heteroatoms. The number of piperidine rings is 1. The van der Waals surface area contributed by atoms with Crippen LogP contribution in [0, 0.1) is 0 Å². The van der Waals surface area contributed by atoms with Crippen LogP contribution in [0.2, 0.25) is 0 Å². The Morgan fingerprint density at radius 1 is 1.23 bits per heavy atom. The van der Waals surface area contributed by atoms with E-state index in [0.29, 0.717) is 6.54 Å². The Bertz CT molecular complexity index is 638. The summed E-state index contributed by atoms with van der Waals surface area (Å²) in [4.78, 5) is 6.42.